The molecule has 0 aliphatic rings. The Morgan fingerprint density at radius 1 is 1.24 bits per heavy atom. The fraction of sp³-hybridized carbons (Fsp3) is 0.636. The Balaban J connectivity index is 2.55. The Morgan fingerprint density at radius 2 is 1.82 bits per heavy atom. The number of alkyl halides is 2. The van der Waals surface area contributed by atoms with Gasteiger partial charge in [-0.15, -0.1) is 0 Å². The van der Waals surface area contributed by atoms with Crippen molar-refractivity contribution in [3.05, 3.63) is 22.8 Å². The Labute approximate surface area is 99.2 Å². The molecule has 0 aliphatic heterocycles. The van der Waals surface area contributed by atoms with Crippen LogP contribution in [0.3, 0.4) is 0 Å². The van der Waals surface area contributed by atoms with Crippen molar-refractivity contribution >= 4 is 0 Å². The summed E-state index contributed by atoms with van der Waals surface area (Å²) < 4.78 is 28.4. The summed E-state index contributed by atoms with van der Waals surface area (Å²) in [6.07, 6.45) is -2.00. The van der Waals surface area contributed by atoms with Gasteiger partial charge < -0.3 is 10.5 Å². The zero-order valence-electron chi connectivity index (χ0n) is 10.0. The third-order valence-electron chi connectivity index (χ3n) is 2.38. The van der Waals surface area contributed by atoms with E-state index in [4.69, 9.17) is 10.5 Å². The van der Waals surface area contributed by atoms with Crippen LogP contribution in [0.4, 0.5) is 8.78 Å². The third kappa shape index (κ3) is 4.32. The van der Waals surface area contributed by atoms with Crippen LogP contribution in [0.25, 0.3) is 0 Å². The molecule has 0 amide bonds. The van der Waals surface area contributed by atoms with Crippen molar-refractivity contribution in [1.82, 2.24) is 9.97 Å². The minimum Gasteiger partial charge on any atom is -0.375 e. The van der Waals surface area contributed by atoms with Gasteiger partial charge in [-0.3, -0.25) is 0 Å². The van der Waals surface area contributed by atoms with Gasteiger partial charge in [0.2, 0.25) is 0 Å². The van der Waals surface area contributed by atoms with Crippen LogP contribution in [-0.4, -0.2) is 29.6 Å². The first-order chi connectivity index (χ1) is 8.04. The molecule has 0 saturated carbocycles. The van der Waals surface area contributed by atoms with Crippen molar-refractivity contribution in [2.45, 2.75) is 33.2 Å². The van der Waals surface area contributed by atoms with Crippen molar-refractivity contribution in [2.24, 2.45) is 5.73 Å². The zero-order chi connectivity index (χ0) is 12.8. The average Bonchev–Trinajstić information content (AvgIpc) is 2.24. The molecule has 0 unspecified atom stereocenters. The largest absolute Gasteiger partial charge is 0.375 e. The lowest BCUT2D eigenvalue weighted by Crippen LogP contribution is -2.12. The fourth-order valence-electron chi connectivity index (χ4n) is 1.55. The van der Waals surface area contributed by atoms with Gasteiger partial charge in [0.25, 0.3) is 6.43 Å². The van der Waals surface area contributed by atoms with E-state index in [1.165, 1.54) is 0 Å². The molecular formula is C11H17F2N3O. The number of aryl methyl sites for hydroxylation is 2. The maximum absolute atomic E-state index is 11.8. The summed E-state index contributed by atoms with van der Waals surface area (Å²) in [6.45, 7) is 3.78. The number of ether oxygens (including phenoxy) is 1. The highest BCUT2D eigenvalue weighted by Gasteiger charge is 2.07. The molecule has 0 aliphatic carbocycles. The van der Waals surface area contributed by atoms with Crippen molar-refractivity contribution in [3.8, 4) is 0 Å². The Hall–Kier alpha value is -1.14. The van der Waals surface area contributed by atoms with Crippen molar-refractivity contribution in [1.29, 1.82) is 0 Å². The molecule has 0 radical (unpaired) electrons. The Morgan fingerprint density at radius 3 is 2.29 bits per heavy atom. The first kappa shape index (κ1) is 13.9. The maximum Gasteiger partial charge on any atom is 0.261 e. The first-order valence-corrected chi connectivity index (χ1v) is 5.43. The number of hydrogen-bond donors (Lipinski definition) is 1. The molecule has 96 valence electrons. The lowest BCUT2D eigenvalue weighted by Gasteiger charge is -2.09. The van der Waals surface area contributed by atoms with E-state index in [9.17, 15) is 8.78 Å². The fourth-order valence-corrected chi connectivity index (χ4v) is 1.55. The van der Waals surface area contributed by atoms with E-state index < -0.39 is 13.0 Å². The van der Waals surface area contributed by atoms with Crippen LogP contribution < -0.4 is 5.73 Å². The smallest absolute Gasteiger partial charge is 0.261 e. The Bertz CT molecular complexity index is 349. The van der Waals surface area contributed by atoms with E-state index in [0.29, 0.717) is 18.8 Å². The van der Waals surface area contributed by atoms with Gasteiger partial charge in [0.05, 0.1) is 6.61 Å². The summed E-state index contributed by atoms with van der Waals surface area (Å²) in [5.41, 5.74) is 8.17. The normalized spacial score (nSPS) is 11.2. The molecule has 0 fully saturated rings. The minimum atomic E-state index is -2.43. The predicted octanol–water partition coefficient (Wildman–Crippen LogP) is 1.38. The lowest BCUT2D eigenvalue weighted by molar-refractivity contribution is 0.0182. The quantitative estimate of drug-likeness (QED) is 0.769. The van der Waals surface area contributed by atoms with Gasteiger partial charge in [-0.1, -0.05) is 0 Å². The molecule has 1 rings (SSSR count). The maximum atomic E-state index is 11.8. The van der Waals surface area contributed by atoms with Crippen LogP contribution in [-0.2, 0) is 17.7 Å². The molecule has 0 atom stereocenters. The van der Waals surface area contributed by atoms with Gasteiger partial charge >= 0.3 is 0 Å². The number of rotatable bonds is 6. The average molecular weight is 245 g/mol. The molecular weight excluding hydrogens is 228 g/mol. The number of nitrogens with two attached hydrogens (primary N) is 1. The van der Waals surface area contributed by atoms with E-state index in [1.54, 1.807) is 0 Å². The summed E-state index contributed by atoms with van der Waals surface area (Å²) in [5.74, 6) is 0.603. The SMILES string of the molecule is Cc1nc(CCOCC(F)F)nc(C)c1CN. The molecule has 1 heterocycles. The first-order valence-electron chi connectivity index (χ1n) is 5.43. The summed E-state index contributed by atoms with van der Waals surface area (Å²) in [5, 5.41) is 0. The second kappa shape index (κ2) is 6.56. The van der Waals surface area contributed by atoms with Crippen LogP contribution in [0.1, 0.15) is 22.8 Å². The van der Waals surface area contributed by atoms with E-state index in [1.807, 2.05) is 13.8 Å². The van der Waals surface area contributed by atoms with Crippen molar-refractivity contribution in [2.75, 3.05) is 13.2 Å². The molecule has 1 aromatic heterocycles. The molecule has 4 nitrogen and oxygen atoms in total. The van der Waals surface area contributed by atoms with Gasteiger partial charge in [-0.2, -0.15) is 0 Å². The van der Waals surface area contributed by atoms with Gasteiger partial charge in [-0.25, -0.2) is 18.7 Å². The molecule has 0 bridgehead atoms. The second-order valence-electron chi connectivity index (χ2n) is 3.71. The van der Waals surface area contributed by atoms with Crippen LogP contribution in [0.5, 0.6) is 0 Å². The summed E-state index contributed by atoms with van der Waals surface area (Å²) in [6, 6.07) is 0. The highest BCUT2D eigenvalue weighted by atomic mass is 19.3. The predicted molar refractivity (Wildman–Crippen MR) is 59.9 cm³/mol. The number of aromatic nitrogens is 2. The zero-order valence-corrected chi connectivity index (χ0v) is 10.0. The summed E-state index contributed by atoms with van der Waals surface area (Å²) in [4.78, 5) is 8.53. The van der Waals surface area contributed by atoms with Crippen molar-refractivity contribution in [3.63, 3.8) is 0 Å². The van der Waals surface area contributed by atoms with Crippen LogP contribution in [0, 0.1) is 13.8 Å². The molecule has 17 heavy (non-hydrogen) atoms. The van der Waals surface area contributed by atoms with Gasteiger partial charge in [0, 0.05) is 29.9 Å². The van der Waals surface area contributed by atoms with Crippen LogP contribution in [0.15, 0.2) is 0 Å². The second-order valence-corrected chi connectivity index (χ2v) is 3.71. The van der Waals surface area contributed by atoms with Gasteiger partial charge in [0.15, 0.2) is 0 Å². The highest BCUT2D eigenvalue weighted by molar-refractivity contribution is 5.23. The highest BCUT2D eigenvalue weighted by Crippen LogP contribution is 2.09. The van der Waals surface area contributed by atoms with E-state index in [-0.39, 0.29) is 6.61 Å². The van der Waals surface area contributed by atoms with E-state index >= 15 is 0 Å². The molecule has 6 heteroatoms. The number of halogens is 2. The topological polar surface area (TPSA) is 61.0 Å². The van der Waals surface area contributed by atoms with Crippen LogP contribution >= 0.6 is 0 Å². The standard InChI is InChI=1S/C11H17F2N3O/c1-7-9(5-14)8(2)16-11(15-7)3-4-17-6-10(12)13/h10H,3-6,14H2,1-2H3. The molecule has 2 N–H and O–H groups in total. The molecule has 0 aromatic carbocycles. The monoisotopic (exact) mass is 245 g/mol. The molecule has 0 saturated heterocycles. The van der Waals surface area contributed by atoms with Gasteiger partial charge in [-0.05, 0) is 13.8 Å². The lowest BCUT2D eigenvalue weighted by atomic mass is 10.1. The minimum absolute atomic E-state index is 0.200. The van der Waals surface area contributed by atoms with Crippen LogP contribution in [0.2, 0.25) is 0 Å². The van der Waals surface area contributed by atoms with E-state index in [0.717, 1.165) is 17.0 Å². The Kier molecular flexibility index (Phi) is 5.37. The molecule has 0 spiro atoms. The number of hydrogen-bond acceptors (Lipinski definition) is 4. The van der Waals surface area contributed by atoms with E-state index in [2.05, 4.69) is 9.97 Å². The summed E-state index contributed by atoms with van der Waals surface area (Å²) in [7, 11) is 0. The number of nitrogens with zero attached hydrogens (tertiary/aromatic N) is 2. The summed E-state index contributed by atoms with van der Waals surface area (Å²) >= 11 is 0. The molecule has 1 aromatic rings. The van der Waals surface area contributed by atoms with Gasteiger partial charge in [0.1, 0.15) is 12.4 Å². The third-order valence-corrected chi connectivity index (χ3v) is 2.38. The van der Waals surface area contributed by atoms with Crippen molar-refractivity contribution < 1.29 is 13.5 Å².